The molecule has 0 unspecified atom stereocenters. The number of oxime groups is 1. The van der Waals surface area contributed by atoms with E-state index >= 15 is 0 Å². The van der Waals surface area contributed by atoms with E-state index in [0.29, 0.717) is 11.4 Å². The Labute approximate surface area is 125 Å². The number of anilines is 1. The molecule has 0 aliphatic carbocycles. The summed E-state index contributed by atoms with van der Waals surface area (Å²) in [6, 6.07) is 10.3. The predicted octanol–water partition coefficient (Wildman–Crippen LogP) is 3.93. The smallest absolute Gasteiger partial charge is 0.257 e. The highest BCUT2D eigenvalue weighted by Gasteiger charge is 2.11. The minimum Gasteiger partial charge on any atom is -0.411 e. The summed E-state index contributed by atoms with van der Waals surface area (Å²) in [5.41, 5.74) is 1.94. The average Bonchev–Trinajstić information content (AvgIpc) is 2.47. The number of hydrogen-bond acceptors (Lipinski definition) is 3. The summed E-state index contributed by atoms with van der Waals surface area (Å²) >= 11 is 5.83. The zero-order chi connectivity index (χ0) is 15.4. The van der Waals surface area contributed by atoms with Gasteiger partial charge in [0.25, 0.3) is 5.91 Å². The molecule has 0 radical (unpaired) electrons. The van der Waals surface area contributed by atoms with Crippen LogP contribution in [0.1, 0.15) is 22.8 Å². The lowest BCUT2D eigenvalue weighted by Crippen LogP contribution is -2.12. The molecule has 0 saturated carbocycles. The van der Waals surface area contributed by atoms with Crippen molar-refractivity contribution >= 4 is 28.9 Å². The van der Waals surface area contributed by atoms with Crippen LogP contribution in [0.15, 0.2) is 47.6 Å². The average molecular weight is 307 g/mol. The maximum atomic E-state index is 12.9. The third-order valence-corrected chi connectivity index (χ3v) is 3.20. The van der Waals surface area contributed by atoms with Crippen molar-refractivity contribution in [2.45, 2.75) is 6.92 Å². The van der Waals surface area contributed by atoms with Crippen LogP contribution in [0.5, 0.6) is 0 Å². The van der Waals surface area contributed by atoms with Gasteiger partial charge in [-0.05, 0) is 42.8 Å². The molecule has 2 aromatic rings. The van der Waals surface area contributed by atoms with Crippen molar-refractivity contribution in [3.05, 3.63) is 64.4 Å². The Balaban J connectivity index is 2.16. The molecule has 0 aromatic heterocycles. The highest BCUT2D eigenvalue weighted by atomic mass is 35.5. The van der Waals surface area contributed by atoms with E-state index in [1.807, 2.05) is 0 Å². The first-order valence-corrected chi connectivity index (χ1v) is 6.44. The minimum absolute atomic E-state index is 0.0485. The molecular weight excluding hydrogens is 295 g/mol. The molecule has 0 atom stereocenters. The highest BCUT2D eigenvalue weighted by molar-refractivity contribution is 6.34. The van der Waals surface area contributed by atoms with Gasteiger partial charge in [-0.25, -0.2) is 4.39 Å². The summed E-state index contributed by atoms with van der Waals surface area (Å²) in [4.78, 5) is 12.0. The third-order valence-electron chi connectivity index (χ3n) is 2.89. The van der Waals surface area contributed by atoms with Crippen LogP contribution in [0.4, 0.5) is 10.1 Å². The number of nitrogens with zero attached hydrogens (tertiary/aromatic N) is 1. The van der Waals surface area contributed by atoms with Gasteiger partial charge in [0, 0.05) is 5.69 Å². The van der Waals surface area contributed by atoms with E-state index < -0.39 is 11.7 Å². The molecule has 21 heavy (non-hydrogen) atoms. The van der Waals surface area contributed by atoms with Crippen molar-refractivity contribution in [2.75, 3.05) is 5.32 Å². The number of hydrogen-bond donors (Lipinski definition) is 2. The van der Waals surface area contributed by atoms with Crippen LogP contribution in [0, 0.1) is 5.82 Å². The number of carbonyl (C=O) groups excluding carboxylic acids is 1. The van der Waals surface area contributed by atoms with E-state index in [9.17, 15) is 9.18 Å². The lowest BCUT2D eigenvalue weighted by Gasteiger charge is -2.07. The van der Waals surface area contributed by atoms with Crippen LogP contribution < -0.4 is 5.32 Å². The van der Waals surface area contributed by atoms with Gasteiger partial charge in [-0.3, -0.25) is 4.79 Å². The molecule has 0 bridgehead atoms. The highest BCUT2D eigenvalue weighted by Crippen LogP contribution is 2.19. The van der Waals surface area contributed by atoms with Gasteiger partial charge in [0.1, 0.15) is 5.82 Å². The Hall–Kier alpha value is -2.40. The fourth-order valence-electron chi connectivity index (χ4n) is 1.72. The van der Waals surface area contributed by atoms with E-state index in [0.717, 1.165) is 11.6 Å². The van der Waals surface area contributed by atoms with Gasteiger partial charge >= 0.3 is 0 Å². The molecule has 1 amide bonds. The molecule has 2 N–H and O–H groups in total. The Morgan fingerprint density at radius 3 is 2.48 bits per heavy atom. The second-order valence-electron chi connectivity index (χ2n) is 4.34. The summed E-state index contributed by atoms with van der Waals surface area (Å²) in [6.45, 7) is 1.66. The van der Waals surface area contributed by atoms with Gasteiger partial charge in [0.05, 0.1) is 16.3 Å². The Bertz CT molecular complexity index is 699. The van der Waals surface area contributed by atoms with Crippen LogP contribution in [0.2, 0.25) is 5.02 Å². The Kier molecular flexibility index (Phi) is 4.55. The van der Waals surface area contributed by atoms with Crippen LogP contribution in [0.3, 0.4) is 0 Å². The third kappa shape index (κ3) is 3.58. The zero-order valence-corrected chi connectivity index (χ0v) is 11.9. The van der Waals surface area contributed by atoms with Gasteiger partial charge in [-0.1, -0.05) is 28.9 Å². The molecule has 0 saturated heterocycles. The molecule has 2 rings (SSSR count). The molecular formula is C15H12ClFN2O2. The largest absolute Gasteiger partial charge is 0.411 e. The number of carbonyl (C=O) groups is 1. The first-order chi connectivity index (χ1) is 10.0. The maximum Gasteiger partial charge on any atom is 0.257 e. The molecule has 0 heterocycles. The minimum atomic E-state index is -0.500. The number of rotatable bonds is 3. The van der Waals surface area contributed by atoms with Crippen molar-refractivity contribution in [1.29, 1.82) is 0 Å². The molecule has 4 nitrogen and oxygen atoms in total. The van der Waals surface area contributed by atoms with Crippen molar-refractivity contribution in [1.82, 2.24) is 0 Å². The molecule has 2 aromatic carbocycles. The van der Waals surface area contributed by atoms with Gasteiger partial charge in [-0.2, -0.15) is 0 Å². The van der Waals surface area contributed by atoms with Crippen molar-refractivity contribution in [3.8, 4) is 0 Å². The first-order valence-electron chi connectivity index (χ1n) is 6.07. The van der Waals surface area contributed by atoms with Crippen LogP contribution in [0.25, 0.3) is 0 Å². The topological polar surface area (TPSA) is 61.7 Å². The standard InChI is InChI=1S/C15H12ClFN2O2/c1-9(19-21)10-2-5-12(6-3-10)18-15(20)13-7-4-11(17)8-14(13)16/h2-8,21H,1H3,(H,18,20)/b19-9+. The van der Waals surface area contributed by atoms with Gasteiger partial charge in [0.2, 0.25) is 0 Å². The number of amides is 1. The summed E-state index contributed by atoms with van der Waals surface area (Å²) in [7, 11) is 0. The van der Waals surface area contributed by atoms with Crippen molar-refractivity contribution in [3.63, 3.8) is 0 Å². The van der Waals surface area contributed by atoms with Crippen LogP contribution in [-0.2, 0) is 0 Å². The molecule has 6 heteroatoms. The molecule has 0 fully saturated rings. The molecule has 0 spiro atoms. The first kappa shape index (κ1) is 15.0. The SMILES string of the molecule is C/C(=N\O)c1ccc(NC(=O)c2ccc(F)cc2Cl)cc1. The van der Waals surface area contributed by atoms with Gasteiger partial charge < -0.3 is 10.5 Å². The van der Waals surface area contributed by atoms with Crippen molar-refractivity contribution in [2.24, 2.45) is 5.16 Å². The second-order valence-corrected chi connectivity index (χ2v) is 4.75. The van der Waals surface area contributed by atoms with E-state index in [2.05, 4.69) is 10.5 Å². The summed E-state index contributed by atoms with van der Waals surface area (Å²) in [6.07, 6.45) is 0. The lowest BCUT2D eigenvalue weighted by molar-refractivity contribution is 0.102. The fraction of sp³-hybridized carbons (Fsp3) is 0.0667. The summed E-state index contributed by atoms with van der Waals surface area (Å²) in [5, 5.41) is 14.5. The number of benzene rings is 2. The quantitative estimate of drug-likeness (QED) is 0.513. The molecule has 0 aliphatic rings. The maximum absolute atomic E-state index is 12.9. The normalized spacial score (nSPS) is 11.3. The van der Waals surface area contributed by atoms with Crippen LogP contribution in [-0.4, -0.2) is 16.8 Å². The Morgan fingerprint density at radius 2 is 1.90 bits per heavy atom. The Morgan fingerprint density at radius 1 is 1.24 bits per heavy atom. The van der Waals surface area contributed by atoms with Crippen molar-refractivity contribution < 1.29 is 14.4 Å². The number of halogens is 2. The zero-order valence-electron chi connectivity index (χ0n) is 11.1. The van der Waals surface area contributed by atoms with Crippen LogP contribution >= 0.6 is 11.6 Å². The number of nitrogens with one attached hydrogen (secondary N) is 1. The van der Waals surface area contributed by atoms with Gasteiger partial charge in [-0.15, -0.1) is 0 Å². The summed E-state index contributed by atoms with van der Waals surface area (Å²) < 4.78 is 12.9. The van der Waals surface area contributed by atoms with Gasteiger partial charge in [0.15, 0.2) is 0 Å². The summed E-state index contributed by atoms with van der Waals surface area (Å²) in [5.74, 6) is -0.931. The van der Waals surface area contributed by atoms with E-state index in [-0.39, 0.29) is 10.6 Å². The fourth-order valence-corrected chi connectivity index (χ4v) is 1.98. The predicted molar refractivity (Wildman–Crippen MR) is 79.8 cm³/mol. The van der Waals surface area contributed by atoms with E-state index in [1.165, 1.54) is 12.1 Å². The second kappa shape index (κ2) is 6.37. The monoisotopic (exact) mass is 306 g/mol. The molecule has 0 aliphatic heterocycles. The lowest BCUT2D eigenvalue weighted by atomic mass is 10.1. The van der Waals surface area contributed by atoms with E-state index in [4.69, 9.17) is 16.8 Å². The van der Waals surface area contributed by atoms with E-state index in [1.54, 1.807) is 31.2 Å². The molecule has 108 valence electrons.